The molecule has 160 valence electrons. The minimum atomic E-state index is -0.353. The number of carbonyl (C=O) groups excluding carboxylic acids is 1. The lowest BCUT2D eigenvalue weighted by Crippen LogP contribution is -2.02. The van der Waals surface area contributed by atoms with Gasteiger partial charge in [-0.3, -0.25) is 0 Å². The maximum absolute atomic E-state index is 11.5. The second-order valence-corrected chi connectivity index (χ2v) is 7.93. The summed E-state index contributed by atoms with van der Waals surface area (Å²) in [6.07, 6.45) is 3.93. The molecule has 0 fully saturated rings. The molecule has 0 amide bonds. The lowest BCUT2D eigenvalue weighted by atomic mass is 9.97. The van der Waals surface area contributed by atoms with Gasteiger partial charge >= 0.3 is 5.97 Å². The molecule has 0 aliphatic rings. The number of allylic oxidation sites excluding steroid dienone is 1. The molecule has 3 aromatic carbocycles. The van der Waals surface area contributed by atoms with E-state index in [0.717, 1.165) is 29.2 Å². The Balaban J connectivity index is 1.68. The summed E-state index contributed by atoms with van der Waals surface area (Å²) in [4.78, 5) is 11.5. The third-order valence-electron chi connectivity index (χ3n) is 5.20. The monoisotopic (exact) mass is 434 g/mol. The molecule has 0 bridgehead atoms. The molecule has 0 saturated carbocycles. The molecule has 0 heterocycles. The number of methoxy groups -OCH3 is 1. The van der Waals surface area contributed by atoms with Gasteiger partial charge in [0.05, 0.1) is 19.3 Å². The Labute approximate surface area is 189 Å². The van der Waals surface area contributed by atoms with Crippen molar-refractivity contribution in [3.8, 4) is 5.75 Å². The highest BCUT2D eigenvalue weighted by molar-refractivity contribution is 6.30. The fourth-order valence-electron chi connectivity index (χ4n) is 3.30. The van der Waals surface area contributed by atoms with Crippen LogP contribution in [-0.2, 0) is 4.74 Å². The molecule has 0 atom stereocenters. The van der Waals surface area contributed by atoms with Crippen LogP contribution < -0.4 is 4.74 Å². The molecule has 4 heteroatoms. The second kappa shape index (κ2) is 10.8. The largest absolute Gasteiger partial charge is 0.494 e. The van der Waals surface area contributed by atoms with Gasteiger partial charge in [-0.2, -0.15) is 0 Å². The van der Waals surface area contributed by atoms with Gasteiger partial charge in [0.2, 0.25) is 0 Å². The van der Waals surface area contributed by atoms with Crippen LogP contribution in [0.1, 0.15) is 45.5 Å². The first kappa shape index (κ1) is 22.6. The van der Waals surface area contributed by atoms with Crippen LogP contribution in [0.25, 0.3) is 11.6 Å². The zero-order valence-electron chi connectivity index (χ0n) is 18.2. The predicted octanol–water partition coefficient (Wildman–Crippen LogP) is 7.14. The van der Waals surface area contributed by atoms with E-state index < -0.39 is 0 Å². The molecule has 3 aromatic rings. The van der Waals surface area contributed by atoms with Gasteiger partial charge in [-0.25, -0.2) is 4.79 Å². The van der Waals surface area contributed by atoms with E-state index in [1.54, 1.807) is 24.3 Å². The number of esters is 1. The van der Waals surface area contributed by atoms with Crippen LogP contribution in [0.3, 0.4) is 0 Å². The number of hydrogen-bond acceptors (Lipinski definition) is 3. The van der Waals surface area contributed by atoms with E-state index in [2.05, 4.69) is 44.2 Å². The van der Waals surface area contributed by atoms with Gasteiger partial charge in [0.15, 0.2) is 0 Å². The SMILES string of the molecule is COC(=O)c1ccc(OCCC/C(=C\c2ccc(C)c(C)c2)c2cccc(Cl)c2)cc1. The Hall–Kier alpha value is -3.04. The molecule has 0 aliphatic heterocycles. The number of halogens is 1. The third kappa shape index (κ3) is 6.47. The maximum atomic E-state index is 11.5. The summed E-state index contributed by atoms with van der Waals surface area (Å²) in [6, 6.07) is 21.4. The van der Waals surface area contributed by atoms with Gasteiger partial charge in [-0.05, 0) is 90.9 Å². The Morgan fingerprint density at radius 3 is 2.39 bits per heavy atom. The summed E-state index contributed by atoms with van der Waals surface area (Å²) in [7, 11) is 1.37. The van der Waals surface area contributed by atoms with E-state index in [4.69, 9.17) is 21.1 Å². The first-order chi connectivity index (χ1) is 15.0. The highest BCUT2D eigenvalue weighted by Gasteiger charge is 2.07. The van der Waals surface area contributed by atoms with Gasteiger partial charge in [0.1, 0.15) is 5.75 Å². The summed E-state index contributed by atoms with van der Waals surface area (Å²) in [5, 5.41) is 0.727. The normalized spacial score (nSPS) is 11.3. The van der Waals surface area contributed by atoms with Crippen LogP contribution in [0.2, 0.25) is 5.02 Å². The van der Waals surface area contributed by atoms with Crippen molar-refractivity contribution < 1.29 is 14.3 Å². The van der Waals surface area contributed by atoms with Crippen molar-refractivity contribution in [2.24, 2.45) is 0 Å². The molecule has 0 aliphatic carbocycles. The summed E-state index contributed by atoms with van der Waals surface area (Å²) >= 11 is 6.24. The average Bonchev–Trinajstić information content (AvgIpc) is 2.78. The average molecular weight is 435 g/mol. The topological polar surface area (TPSA) is 35.5 Å². The van der Waals surface area contributed by atoms with Crippen LogP contribution in [0, 0.1) is 13.8 Å². The number of benzene rings is 3. The van der Waals surface area contributed by atoms with Crippen LogP contribution in [-0.4, -0.2) is 19.7 Å². The molecular formula is C27H27ClO3. The zero-order valence-corrected chi connectivity index (χ0v) is 18.9. The summed E-state index contributed by atoms with van der Waals surface area (Å²) < 4.78 is 10.6. The third-order valence-corrected chi connectivity index (χ3v) is 5.44. The lowest BCUT2D eigenvalue weighted by molar-refractivity contribution is 0.0600. The van der Waals surface area contributed by atoms with Gasteiger partial charge < -0.3 is 9.47 Å². The predicted molar refractivity (Wildman–Crippen MR) is 128 cm³/mol. The van der Waals surface area contributed by atoms with Crippen molar-refractivity contribution in [3.05, 3.63) is 99.6 Å². The highest BCUT2D eigenvalue weighted by Crippen LogP contribution is 2.26. The highest BCUT2D eigenvalue weighted by atomic mass is 35.5. The van der Waals surface area contributed by atoms with Crippen molar-refractivity contribution in [2.75, 3.05) is 13.7 Å². The molecule has 0 aromatic heterocycles. The minimum absolute atomic E-state index is 0.353. The molecule has 0 saturated heterocycles. The zero-order chi connectivity index (χ0) is 22.2. The molecule has 31 heavy (non-hydrogen) atoms. The Morgan fingerprint density at radius 2 is 1.71 bits per heavy atom. The van der Waals surface area contributed by atoms with Gasteiger partial charge in [0, 0.05) is 5.02 Å². The van der Waals surface area contributed by atoms with Crippen molar-refractivity contribution in [2.45, 2.75) is 26.7 Å². The quantitative estimate of drug-likeness (QED) is 0.214. The molecule has 0 unspecified atom stereocenters. The van der Waals surface area contributed by atoms with E-state index in [1.165, 1.54) is 29.4 Å². The van der Waals surface area contributed by atoms with E-state index in [0.29, 0.717) is 12.2 Å². The minimum Gasteiger partial charge on any atom is -0.494 e. The van der Waals surface area contributed by atoms with Gasteiger partial charge in [-0.15, -0.1) is 0 Å². The Bertz CT molecular complexity index is 1070. The number of aryl methyl sites for hydroxylation is 2. The van der Waals surface area contributed by atoms with Gasteiger partial charge in [0.25, 0.3) is 0 Å². The van der Waals surface area contributed by atoms with Crippen LogP contribution in [0.4, 0.5) is 0 Å². The van der Waals surface area contributed by atoms with Crippen molar-refractivity contribution in [1.82, 2.24) is 0 Å². The molecular weight excluding hydrogens is 408 g/mol. The standard InChI is InChI=1S/C27H27ClO3/c1-19-9-10-21(16-20(19)2)17-23(24-6-4-8-25(28)18-24)7-5-15-31-26-13-11-22(12-14-26)27(29)30-3/h4,6,8-14,16-18H,5,7,15H2,1-3H3/b23-17+. The molecule has 3 nitrogen and oxygen atoms in total. The van der Waals surface area contributed by atoms with Crippen LogP contribution in [0.15, 0.2) is 66.7 Å². The Kier molecular flexibility index (Phi) is 7.91. The van der Waals surface area contributed by atoms with Gasteiger partial charge in [-0.1, -0.05) is 48.0 Å². The fraction of sp³-hybridized carbons (Fsp3) is 0.222. The first-order valence-corrected chi connectivity index (χ1v) is 10.7. The molecule has 3 rings (SSSR count). The summed E-state index contributed by atoms with van der Waals surface area (Å²) in [5.74, 6) is 0.379. The van der Waals surface area contributed by atoms with E-state index in [-0.39, 0.29) is 5.97 Å². The lowest BCUT2D eigenvalue weighted by Gasteiger charge is -2.11. The first-order valence-electron chi connectivity index (χ1n) is 10.3. The smallest absolute Gasteiger partial charge is 0.337 e. The second-order valence-electron chi connectivity index (χ2n) is 7.49. The number of carbonyl (C=O) groups is 1. The maximum Gasteiger partial charge on any atom is 0.337 e. The molecule has 0 spiro atoms. The molecule has 0 N–H and O–H groups in total. The fourth-order valence-corrected chi connectivity index (χ4v) is 3.49. The van der Waals surface area contributed by atoms with Crippen molar-refractivity contribution in [1.29, 1.82) is 0 Å². The van der Waals surface area contributed by atoms with Crippen LogP contribution in [0.5, 0.6) is 5.75 Å². The van der Waals surface area contributed by atoms with Crippen molar-refractivity contribution in [3.63, 3.8) is 0 Å². The van der Waals surface area contributed by atoms with Crippen molar-refractivity contribution >= 4 is 29.2 Å². The Morgan fingerprint density at radius 1 is 0.935 bits per heavy atom. The number of ether oxygens (including phenoxy) is 2. The van der Waals surface area contributed by atoms with E-state index in [1.807, 2.05) is 18.2 Å². The van der Waals surface area contributed by atoms with E-state index >= 15 is 0 Å². The summed E-state index contributed by atoms with van der Waals surface area (Å²) in [5.41, 5.74) is 6.58. The molecule has 0 radical (unpaired) electrons. The number of hydrogen-bond donors (Lipinski definition) is 0. The van der Waals surface area contributed by atoms with E-state index in [9.17, 15) is 4.79 Å². The number of rotatable bonds is 8. The summed E-state index contributed by atoms with van der Waals surface area (Å²) in [6.45, 7) is 4.82. The van der Waals surface area contributed by atoms with Crippen LogP contribution >= 0.6 is 11.6 Å².